The maximum Gasteiger partial charge on any atom is 0.260 e. The van der Waals surface area contributed by atoms with E-state index in [-0.39, 0.29) is 12.6 Å². The number of aryl methyl sites for hydroxylation is 1. The van der Waals surface area contributed by atoms with E-state index in [1.54, 1.807) is 24.3 Å². The fourth-order valence-corrected chi connectivity index (χ4v) is 2.06. The van der Waals surface area contributed by atoms with Crippen molar-refractivity contribution in [2.24, 2.45) is 0 Å². The number of nitrogens with one attached hydrogen (secondary N) is 1. The van der Waals surface area contributed by atoms with E-state index in [2.05, 4.69) is 10.1 Å². The number of nitrogens with zero attached hydrogens (tertiary/aromatic N) is 1. The quantitative estimate of drug-likeness (QED) is 0.615. The maximum absolute atomic E-state index is 13.5. The number of hydrogen-bond donors (Lipinski definition) is 1. The summed E-state index contributed by atoms with van der Waals surface area (Å²) in [6.45, 7) is 0.609. The van der Waals surface area contributed by atoms with Gasteiger partial charge in [0.2, 0.25) is 17.5 Å². The Balaban J connectivity index is 1.92. The molecule has 0 saturated carbocycles. The van der Waals surface area contributed by atoms with Gasteiger partial charge in [0, 0.05) is 18.8 Å². The first-order valence-electron chi connectivity index (χ1n) is 7.75. The molecule has 0 aliphatic heterocycles. The lowest BCUT2D eigenvalue weighted by Crippen LogP contribution is -2.37. The number of hydrogen-bond acceptors (Lipinski definition) is 3. The Morgan fingerprint density at radius 2 is 1.59 bits per heavy atom. The van der Waals surface area contributed by atoms with Crippen molar-refractivity contribution in [2.45, 2.75) is 6.92 Å². The summed E-state index contributed by atoms with van der Waals surface area (Å²) < 4.78 is 57.7. The Kier molecular flexibility index (Phi) is 6.38. The van der Waals surface area contributed by atoms with Crippen LogP contribution in [0.25, 0.3) is 0 Å². The molecule has 0 saturated heterocycles. The Morgan fingerprint density at radius 1 is 1.04 bits per heavy atom. The molecule has 0 aliphatic rings. The molecule has 2 amide bonds. The summed E-state index contributed by atoms with van der Waals surface area (Å²) in [5, 5.41) is 2.57. The Morgan fingerprint density at radius 3 is 2.15 bits per heavy atom. The second kappa shape index (κ2) is 8.52. The molecule has 2 rings (SSSR count). The molecule has 2 aromatic rings. The molecule has 0 unspecified atom stereocenters. The molecule has 0 aromatic heterocycles. The van der Waals surface area contributed by atoms with E-state index >= 15 is 0 Å². The zero-order valence-electron chi connectivity index (χ0n) is 14.5. The van der Waals surface area contributed by atoms with Crippen LogP contribution in [-0.2, 0) is 9.59 Å². The van der Waals surface area contributed by atoms with Crippen molar-refractivity contribution in [1.82, 2.24) is 4.90 Å². The Bertz CT molecular complexity index is 830. The minimum Gasteiger partial charge on any atom is -0.477 e. The highest BCUT2D eigenvalue weighted by Crippen LogP contribution is 2.26. The number of benzene rings is 2. The van der Waals surface area contributed by atoms with Gasteiger partial charge in [0.25, 0.3) is 5.91 Å². The number of likely N-dealkylation sites (N-methyl/N-ethyl adjacent to an activating group) is 1. The predicted octanol–water partition coefficient (Wildman–Crippen LogP) is 3.03. The van der Waals surface area contributed by atoms with Gasteiger partial charge in [-0.25, -0.2) is 8.78 Å². The van der Waals surface area contributed by atoms with E-state index in [0.717, 1.165) is 10.5 Å². The molecule has 0 heterocycles. The van der Waals surface area contributed by atoms with E-state index < -0.39 is 47.4 Å². The van der Waals surface area contributed by atoms with Crippen LogP contribution in [0.1, 0.15) is 5.56 Å². The van der Waals surface area contributed by atoms with Crippen LogP contribution in [0, 0.1) is 30.2 Å². The molecular weight excluding hydrogens is 368 g/mol. The molecule has 0 bridgehead atoms. The fraction of sp³-hybridized carbons (Fsp3) is 0.222. The normalized spacial score (nSPS) is 10.4. The molecule has 27 heavy (non-hydrogen) atoms. The maximum atomic E-state index is 13.5. The van der Waals surface area contributed by atoms with E-state index in [1.807, 2.05) is 6.92 Å². The molecule has 0 aliphatic carbocycles. The van der Waals surface area contributed by atoms with Crippen molar-refractivity contribution >= 4 is 17.5 Å². The SMILES string of the molecule is Cc1ccc(NC(=O)CN(C)C(=O)COc2c(F)c(F)cc(F)c2F)cc1. The van der Waals surface area contributed by atoms with Gasteiger partial charge in [-0.3, -0.25) is 9.59 Å². The molecular formula is C18H16F4N2O3. The van der Waals surface area contributed by atoms with Crippen LogP contribution in [0.3, 0.4) is 0 Å². The fourth-order valence-electron chi connectivity index (χ4n) is 2.06. The van der Waals surface area contributed by atoms with Crippen molar-refractivity contribution in [1.29, 1.82) is 0 Å². The summed E-state index contributed by atoms with van der Waals surface area (Å²) in [6, 6.07) is 6.98. The second-order valence-corrected chi connectivity index (χ2v) is 5.75. The number of anilines is 1. The van der Waals surface area contributed by atoms with Crippen LogP contribution in [0.5, 0.6) is 5.75 Å². The number of amides is 2. The van der Waals surface area contributed by atoms with Crippen LogP contribution in [0.4, 0.5) is 23.2 Å². The first-order valence-corrected chi connectivity index (χ1v) is 7.75. The lowest BCUT2D eigenvalue weighted by Gasteiger charge is -2.17. The summed E-state index contributed by atoms with van der Waals surface area (Å²) in [5.41, 5.74) is 1.53. The Labute approximate surface area is 152 Å². The zero-order chi connectivity index (χ0) is 20.1. The van der Waals surface area contributed by atoms with Crippen LogP contribution in [0.2, 0.25) is 0 Å². The van der Waals surface area contributed by atoms with Gasteiger partial charge in [-0.1, -0.05) is 17.7 Å². The van der Waals surface area contributed by atoms with Gasteiger partial charge in [-0.15, -0.1) is 0 Å². The first-order chi connectivity index (χ1) is 12.7. The number of ether oxygens (including phenoxy) is 1. The third kappa shape index (κ3) is 5.19. The van der Waals surface area contributed by atoms with Crippen molar-refractivity contribution in [3.8, 4) is 5.75 Å². The summed E-state index contributed by atoms with van der Waals surface area (Å²) in [4.78, 5) is 24.8. The zero-order valence-corrected chi connectivity index (χ0v) is 14.5. The summed E-state index contributed by atoms with van der Waals surface area (Å²) in [7, 11) is 1.26. The number of halogens is 4. The van der Waals surface area contributed by atoms with Crippen molar-refractivity contribution < 1.29 is 31.9 Å². The van der Waals surface area contributed by atoms with E-state index in [1.165, 1.54) is 7.05 Å². The minimum atomic E-state index is -1.75. The first kappa shape index (κ1) is 20.2. The van der Waals surface area contributed by atoms with Gasteiger partial charge in [0.05, 0.1) is 6.54 Å². The van der Waals surface area contributed by atoms with E-state index in [4.69, 9.17) is 0 Å². The monoisotopic (exact) mass is 384 g/mol. The van der Waals surface area contributed by atoms with Gasteiger partial charge in [0.15, 0.2) is 24.0 Å². The Hall–Kier alpha value is -3.10. The molecule has 0 fully saturated rings. The molecule has 0 spiro atoms. The predicted molar refractivity (Wildman–Crippen MR) is 89.2 cm³/mol. The van der Waals surface area contributed by atoms with Crippen molar-refractivity contribution in [3.05, 3.63) is 59.2 Å². The number of rotatable bonds is 6. The smallest absolute Gasteiger partial charge is 0.260 e. The van der Waals surface area contributed by atoms with Crippen LogP contribution in [-0.4, -0.2) is 36.9 Å². The van der Waals surface area contributed by atoms with Crippen molar-refractivity contribution in [3.63, 3.8) is 0 Å². The van der Waals surface area contributed by atoms with Gasteiger partial charge in [-0.05, 0) is 19.1 Å². The van der Waals surface area contributed by atoms with Gasteiger partial charge >= 0.3 is 0 Å². The highest BCUT2D eigenvalue weighted by atomic mass is 19.2. The average Bonchev–Trinajstić information content (AvgIpc) is 2.61. The van der Waals surface area contributed by atoms with Gasteiger partial charge in [0.1, 0.15) is 0 Å². The highest BCUT2D eigenvalue weighted by Gasteiger charge is 2.22. The van der Waals surface area contributed by atoms with E-state index in [0.29, 0.717) is 5.69 Å². The number of carbonyl (C=O) groups is 2. The van der Waals surface area contributed by atoms with Gasteiger partial charge in [-0.2, -0.15) is 8.78 Å². The third-order valence-electron chi connectivity index (χ3n) is 3.55. The molecule has 9 heteroatoms. The lowest BCUT2D eigenvalue weighted by atomic mass is 10.2. The van der Waals surface area contributed by atoms with Gasteiger partial charge < -0.3 is 15.0 Å². The molecule has 144 valence electrons. The second-order valence-electron chi connectivity index (χ2n) is 5.75. The number of carbonyl (C=O) groups excluding carboxylic acids is 2. The van der Waals surface area contributed by atoms with Crippen LogP contribution < -0.4 is 10.1 Å². The van der Waals surface area contributed by atoms with Crippen molar-refractivity contribution in [2.75, 3.05) is 25.5 Å². The van der Waals surface area contributed by atoms with Crippen LogP contribution >= 0.6 is 0 Å². The topological polar surface area (TPSA) is 58.6 Å². The summed E-state index contributed by atoms with van der Waals surface area (Å²) in [6.07, 6.45) is 0. The molecule has 0 radical (unpaired) electrons. The summed E-state index contributed by atoms with van der Waals surface area (Å²) >= 11 is 0. The van der Waals surface area contributed by atoms with E-state index in [9.17, 15) is 27.2 Å². The highest BCUT2D eigenvalue weighted by molar-refractivity contribution is 5.94. The average molecular weight is 384 g/mol. The molecule has 5 nitrogen and oxygen atoms in total. The minimum absolute atomic E-state index is 0.0287. The standard InChI is InChI=1S/C18H16F4N2O3/c1-10-3-5-11(6-4-10)23-14(25)8-24(2)15(26)9-27-18-16(21)12(19)7-13(20)17(18)22/h3-7H,8-9H2,1-2H3,(H,23,25). The third-order valence-corrected chi connectivity index (χ3v) is 3.55. The van der Waals surface area contributed by atoms with Crippen LogP contribution in [0.15, 0.2) is 30.3 Å². The molecule has 0 atom stereocenters. The molecule has 1 N–H and O–H groups in total. The molecule has 2 aromatic carbocycles. The summed E-state index contributed by atoms with van der Waals surface area (Å²) in [5.74, 6) is -9.47. The lowest BCUT2D eigenvalue weighted by molar-refractivity contribution is -0.135. The largest absolute Gasteiger partial charge is 0.477 e.